The van der Waals surface area contributed by atoms with Gasteiger partial charge < -0.3 is 49.3 Å². The number of aromatic nitrogens is 2. The lowest BCUT2D eigenvalue weighted by atomic mass is 9.85. The maximum atomic E-state index is 14.7. The van der Waals surface area contributed by atoms with Gasteiger partial charge in [-0.15, -0.1) is 6.58 Å². The number of fused-ring (bicyclic) bond motifs is 1. The number of anilines is 1. The zero-order chi connectivity index (χ0) is 42.8. The molecule has 6 rings (SSSR count). The second-order valence-corrected chi connectivity index (χ2v) is 17.5. The molecule has 320 valence electrons. The van der Waals surface area contributed by atoms with Gasteiger partial charge >= 0.3 is 12.1 Å². The fourth-order valence-corrected chi connectivity index (χ4v) is 8.00. The quantitative estimate of drug-likeness (QED) is 0.0937. The highest BCUT2D eigenvalue weighted by Gasteiger charge is 2.61. The molecule has 4 N–H and O–H groups in total. The Labute approximate surface area is 348 Å². The number of alkyl carbamates (subject to hydrolysis) is 1. The van der Waals surface area contributed by atoms with Crippen LogP contribution >= 0.6 is 11.6 Å². The molecule has 0 spiro atoms. The van der Waals surface area contributed by atoms with Crippen molar-refractivity contribution < 1.29 is 47.6 Å². The van der Waals surface area contributed by atoms with Gasteiger partial charge in [0.05, 0.1) is 24.4 Å². The number of ether oxygens (including phenoxy) is 4. The van der Waals surface area contributed by atoms with E-state index in [0.29, 0.717) is 46.3 Å². The van der Waals surface area contributed by atoms with Crippen LogP contribution in [0.4, 0.5) is 10.8 Å². The number of oxazole rings is 1. The molecule has 3 aliphatic rings. The van der Waals surface area contributed by atoms with Crippen molar-refractivity contribution in [1.82, 2.24) is 25.5 Å². The second kappa shape index (κ2) is 17.6. The molecule has 2 saturated carbocycles. The molecule has 1 aliphatic heterocycles. The van der Waals surface area contributed by atoms with Gasteiger partial charge in [0, 0.05) is 36.9 Å². The number of amides is 3. The summed E-state index contributed by atoms with van der Waals surface area (Å²) in [5.41, 5.74) is -1.27. The van der Waals surface area contributed by atoms with Gasteiger partial charge in [0.15, 0.2) is 0 Å². The first-order chi connectivity index (χ1) is 27.9. The average Bonchev–Trinajstić information content (AvgIpc) is 3.48. The lowest BCUT2D eigenvalue weighted by molar-refractivity contribution is -0.146. The number of aliphatic carboxylic acids is 1. The Morgan fingerprint density at radius 1 is 1.10 bits per heavy atom. The maximum Gasteiger partial charge on any atom is 0.408 e. The van der Waals surface area contributed by atoms with Crippen LogP contribution < -0.4 is 25.4 Å². The molecule has 59 heavy (non-hydrogen) atoms. The minimum absolute atomic E-state index is 0.00912. The van der Waals surface area contributed by atoms with Crippen LogP contribution in [0, 0.1) is 17.3 Å². The Morgan fingerprint density at radius 3 is 2.49 bits per heavy atom. The molecule has 0 radical (unpaired) electrons. The Balaban J connectivity index is 1.35. The van der Waals surface area contributed by atoms with Gasteiger partial charge in [-0.3, -0.25) is 9.59 Å². The minimum Gasteiger partial charge on any atom is -0.490 e. The summed E-state index contributed by atoms with van der Waals surface area (Å²) in [6.07, 6.45) is 3.74. The summed E-state index contributed by atoms with van der Waals surface area (Å²) >= 11 is 6.92. The van der Waals surface area contributed by atoms with Crippen molar-refractivity contribution in [3.05, 3.63) is 42.1 Å². The minimum atomic E-state index is -1.55. The van der Waals surface area contributed by atoms with E-state index in [-0.39, 0.29) is 49.2 Å². The van der Waals surface area contributed by atoms with E-state index >= 15 is 0 Å². The van der Waals surface area contributed by atoms with Gasteiger partial charge in [0.2, 0.25) is 11.8 Å². The van der Waals surface area contributed by atoms with E-state index in [1.807, 2.05) is 13.8 Å². The zero-order valence-electron chi connectivity index (χ0n) is 34.6. The third-order valence-corrected chi connectivity index (χ3v) is 11.4. The van der Waals surface area contributed by atoms with Gasteiger partial charge in [-0.25, -0.2) is 14.6 Å². The second-order valence-electron chi connectivity index (χ2n) is 17.1. The van der Waals surface area contributed by atoms with Gasteiger partial charge in [0.1, 0.15) is 64.9 Å². The zero-order valence-corrected chi connectivity index (χ0v) is 35.4. The predicted octanol–water partition coefficient (Wildman–Crippen LogP) is 6.21. The molecule has 1 aromatic carbocycles. The molecule has 16 nitrogen and oxygen atoms in total. The third kappa shape index (κ3) is 9.70. The van der Waals surface area contributed by atoms with E-state index in [1.165, 1.54) is 17.2 Å². The number of halogens is 1. The smallest absolute Gasteiger partial charge is 0.408 e. The molecule has 3 fully saturated rings. The lowest BCUT2D eigenvalue weighted by Crippen LogP contribution is -2.59. The largest absolute Gasteiger partial charge is 0.490 e. The summed E-state index contributed by atoms with van der Waals surface area (Å²) in [6, 6.07) is 3.19. The van der Waals surface area contributed by atoms with Crippen LogP contribution in [0.5, 0.6) is 11.5 Å². The van der Waals surface area contributed by atoms with Crippen molar-refractivity contribution in [3.63, 3.8) is 0 Å². The summed E-state index contributed by atoms with van der Waals surface area (Å²) in [7, 11) is 1.56. The van der Waals surface area contributed by atoms with E-state index in [2.05, 4.69) is 34.4 Å². The third-order valence-electron chi connectivity index (χ3n) is 11.0. The normalized spacial score (nSPS) is 24.4. The van der Waals surface area contributed by atoms with Crippen molar-refractivity contribution in [2.75, 3.05) is 32.2 Å². The molecule has 7 atom stereocenters. The van der Waals surface area contributed by atoms with Crippen LogP contribution in [-0.4, -0.2) is 107 Å². The van der Waals surface area contributed by atoms with Crippen molar-refractivity contribution in [2.45, 2.75) is 110 Å². The highest BCUT2D eigenvalue weighted by molar-refractivity contribution is 6.36. The first kappa shape index (κ1) is 43.5. The molecule has 0 unspecified atom stereocenters. The number of carbonyl (C=O) groups excluding carboxylic acids is 3. The number of carboxylic acids is 1. The van der Waals surface area contributed by atoms with E-state index in [4.69, 9.17) is 39.9 Å². The van der Waals surface area contributed by atoms with Crippen molar-refractivity contribution in [3.8, 4) is 22.9 Å². The van der Waals surface area contributed by atoms with E-state index < -0.39 is 58.9 Å². The SMILES string of the molecule is C=C[C@@H]1C[C@]1(NC(=O)[C@@H]1C[C@@H](Oc2cc(-c3coc(NC(C)C)n3)nc3c(Cl)c(OCCOC)ccc23)CN1C(=O)[C@@H](NC(=O)O[C@@H]1CC[C@H](C)C1)C(C)(C)C)C(=O)O. The predicted molar refractivity (Wildman–Crippen MR) is 219 cm³/mol. The van der Waals surface area contributed by atoms with E-state index in [9.17, 15) is 24.3 Å². The fourth-order valence-electron chi connectivity index (χ4n) is 7.74. The number of nitrogens with zero attached hydrogens (tertiary/aromatic N) is 3. The van der Waals surface area contributed by atoms with Crippen LogP contribution in [0.25, 0.3) is 22.3 Å². The molecule has 17 heteroatoms. The summed E-state index contributed by atoms with van der Waals surface area (Å²) in [5.74, 6) is -1.78. The number of benzene rings is 1. The number of methoxy groups -OCH3 is 1. The molecule has 2 aliphatic carbocycles. The highest BCUT2D eigenvalue weighted by atomic mass is 35.5. The number of rotatable bonds is 16. The summed E-state index contributed by atoms with van der Waals surface area (Å²) < 4.78 is 29.1. The molecule has 3 aromatic rings. The standard InChI is InChI=1S/C42H55ClN6O10/c1-9-24-19-42(24,38(52)53)48-36(50)30-17-26(20-49(30)37(51)35(41(5,6)7)47-40(54)59-25-11-10-23(4)16-25)58-32-18-28(29-21-57-39(46-29)44-22(2)3)45-34-27(32)12-13-31(33(34)43)56-15-14-55-8/h9,12-13,18,21-26,30,35H,1,10-11,14-17,19-20H2,2-8H3,(H,44,46)(H,47,54)(H,48,50)(H,52,53)/t23-,24+,25+,26+,30-,35+,42+/m0/s1. The van der Waals surface area contributed by atoms with E-state index in [1.54, 1.807) is 46.1 Å². The highest BCUT2D eigenvalue weighted by Crippen LogP contribution is 2.45. The number of hydrogen-bond acceptors (Lipinski definition) is 12. The molecule has 3 heterocycles. The lowest BCUT2D eigenvalue weighted by Gasteiger charge is -2.35. The Bertz CT molecular complexity index is 2070. The molecule has 2 aromatic heterocycles. The van der Waals surface area contributed by atoms with Gasteiger partial charge in [-0.1, -0.05) is 45.4 Å². The van der Waals surface area contributed by atoms with Crippen molar-refractivity contribution in [2.24, 2.45) is 17.3 Å². The Morgan fingerprint density at radius 2 is 1.86 bits per heavy atom. The van der Waals surface area contributed by atoms with Crippen LogP contribution in [0.2, 0.25) is 5.02 Å². The topological polar surface area (TPSA) is 204 Å². The first-order valence-corrected chi connectivity index (χ1v) is 20.4. The number of likely N-dealkylation sites (tertiary alicyclic amines) is 1. The molecular formula is C42H55ClN6O10. The van der Waals surface area contributed by atoms with Crippen LogP contribution in [-0.2, 0) is 23.9 Å². The number of nitrogens with one attached hydrogen (secondary N) is 3. The Hall–Kier alpha value is -5.09. The number of carboxylic acid groups (broad SMARTS) is 1. The monoisotopic (exact) mass is 838 g/mol. The van der Waals surface area contributed by atoms with Crippen molar-refractivity contribution in [1.29, 1.82) is 0 Å². The molecule has 3 amide bonds. The van der Waals surface area contributed by atoms with Crippen LogP contribution in [0.15, 0.2) is 41.5 Å². The first-order valence-electron chi connectivity index (χ1n) is 20.0. The maximum absolute atomic E-state index is 14.7. The summed E-state index contributed by atoms with van der Waals surface area (Å²) in [5, 5.41) is 19.5. The van der Waals surface area contributed by atoms with Gasteiger partial charge in [-0.2, -0.15) is 4.98 Å². The summed E-state index contributed by atoms with van der Waals surface area (Å²) in [6.45, 7) is 15.6. The molecule has 0 bridgehead atoms. The molecule has 1 saturated heterocycles. The average molecular weight is 839 g/mol. The summed E-state index contributed by atoms with van der Waals surface area (Å²) in [4.78, 5) is 65.3. The number of pyridine rings is 1. The van der Waals surface area contributed by atoms with Crippen LogP contribution in [0.1, 0.15) is 73.6 Å². The Kier molecular flexibility index (Phi) is 13.0. The number of carbonyl (C=O) groups is 4. The van der Waals surface area contributed by atoms with E-state index in [0.717, 1.165) is 19.3 Å². The van der Waals surface area contributed by atoms with Gasteiger partial charge in [-0.05, 0) is 63.0 Å². The number of hydrogen-bond donors (Lipinski definition) is 4. The van der Waals surface area contributed by atoms with Crippen LogP contribution in [0.3, 0.4) is 0 Å². The fraction of sp³-hybridized carbons (Fsp3) is 0.571. The van der Waals surface area contributed by atoms with Gasteiger partial charge in [0.25, 0.3) is 6.01 Å². The molecular weight excluding hydrogens is 784 g/mol. The van der Waals surface area contributed by atoms with Crippen molar-refractivity contribution >= 4 is 52.4 Å².